The SMILES string of the molecule is CC(=O)Nc1ccc(-n2c(O)c(C)c(C)cc2=O)cc1. The van der Waals surface area contributed by atoms with E-state index < -0.39 is 0 Å². The highest BCUT2D eigenvalue weighted by atomic mass is 16.3. The number of pyridine rings is 1. The van der Waals surface area contributed by atoms with Gasteiger partial charge < -0.3 is 10.4 Å². The quantitative estimate of drug-likeness (QED) is 0.879. The molecule has 1 aromatic heterocycles. The second kappa shape index (κ2) is 5.21. The number of aromatic nitrogens is 1. The molecule has 1 amide bonds. The van der Waals surface area contributed by atoms with Gasteiger partial charge in [0.15, 0.2) is 0 Å². The zero-order valence-corrected chi connectivity index (χ0v) is 11.6. The summed E-state index contributed by atoms with van der Waals surface area (Å²) in [6.45, 7) is 4.96. The van der Waals surface area contributed by atoms with E-state index in [0.717, 1.165) is 5.56 Å². The van der Waals surface area contributed by atoms with Crippen molar-refractivity contribution < 1.29 is 9.90 Å². The minimum Gasteiger partial charge on any atom is -0.494 e. The first-order valence-corrected chi connectivity index (χ1v) is 6.20. The number of carbonyl (C=O) groups is 1. The summed E-state index contributed by atoms with van der Waals surface area (Å²) < 4.78 is 1.24. The van der Waals surface area contributed by atoms with E-state index in [1.165, 1.54) is 17.6 Å². The Bertz CT molecular complexity index is 715. The van der Waals surface area contributed by atoms with E-state index in [1.54, 1.807) is 38.1 Å². The first kappa shape index (κ1) is 13.9. The number of benzene rings is 1. The van der Waals surface area contributed by atoms with E-state index in [2.05, 4.69) is 5.32 Å². The first-order valence-electron chi connectivity index (χ1n) is 6.20. The smallest absolute Gasteiger partial charge is 0.258 e. The van der Waals surface area contributed by atoms with Crippen LogP contribution in [0.2, 0.25) is 0 Å². The fourth-order valence-electron chi connectivity index (χ4n) is 1.95. The van der Waals surface area contributed by atoms with E-state index in [1.807, 2.05) is 0 Å². The molecule has 1 aromatic carbocycles. The number of hydrogen-bond acceptors (Lipinski definition) is 3. The molecule has 0 saturated heterocycles. The van der Waals surface area contributed by atoms with Crippen LogP contribution in [0.5, 0.6) is 5.88 Å². The average molecular weight is 272 g/mol. The van der Waals surface area contributed by atoms with Crippen molar-refractivity contribution in [1.29, 1.82) is 0 Å². The molecular weight excluding hydrogens is 256 g/mol. The number of hydrogen-bond donors (Lipinski definition) is 2. The number of carbonyl (C=O) groups excluding carboxylic acids is 1. The summed E-state index contributed by atoms with van der Waals surface area (Å²) in [7, 11) is 0. The molecule has 2 N–H and O–H groups in total. The monoisotopic (exact) mass is 272 g/mol. The molecule has 5 nitrogen and oxygen atoms in total. The molecule has 2 aromatic rings. The maximum Gasteiger partial charge on any atom is 0.258 e. The molecule has 2 rings (SSSR count). The number of aryl methyl sites for hydroxylation is 1. The van der Waals surface area contributed by atoms with E-state index in [4.69, 9.17) is 0 Å². The van der Waals surface area contributed by atoms with Crippen molar-refractivity contribution >= 4 is 11.6 Å². The Labute approximate surface area is 116 Å². The number of amides is 1. The fourth-order valence-corrected chi connectivity index (χ4v) is 1.95. The van der Waals surface area contributed by atoms with Crippen LogP contribution >= 0.6 is 0 Å². The lowest BCUT2D eigenvalue weighted by atomic mass is 10.1. The summed E-state index contributed by atoms with van der Waals surface area (Å²) in [5.74, 6) is -0.230. The lowest BCUT2D eigenvalue weighted by molar-refractivity contribution is -0.114. The van der Waals surface area contributed by atoms with Crippen LogP contribution in [0, 0.1) is 13.8 Å². The molecule has 104 valence electrons. The van der Waals surface area contributed by atoms with Crippen LogP contribution in [-0.4, -0.2) is 15.6 Å². The molecule has 5 heteroatoms. The molecule has 1 heterocycles. The average Bonchev–Trinajstić information content (AvgIpc) is 2.37. The third kappa shape index (κ3) is 2.56. The molecule has 0 aliphatic carbocycles. The summed E-state index contributed by atoms with van der Waals surface area (Å²) in [5.41, 5.74) is 2.30. The maximum absolute atomic E-state index is 12.0. The minimum atomic E-state index is -0.294. The van der Waals surface area contributed by atoms with Gasteiger partial charge in [0.05, 0.1) is 5.69 Å². The van der Waals surface area contributed by atoms with Crippen LogP contribution in [0.1, 0.15) is 18.1 Å². The Kier molecular flexibility index (Phi) is 3.61. The van der Waals surface area contributed by atoms with Gasteiger partial charge in [0.2, 0.25) is 11.8 Å². The van der Waals surface area contributed by atoms with Gasteiger partial charge in [0.25, 0.3) is 5.56 Å². The van der Waals surface area contributed by atoms with E-state index in [9.17, 15) is 14.7 Å². The number of aromatic hydroxyl groups is 1. The van der Waals surface area contributed by atoms with Gasteiger partial charge in [0, 0.05) is 24.2 Å². The van der Waals surface area contributed by atoms with Gasteiger partial charge in [0.1, 0.15) is 0 Å². The Morgan fingerprint density at radius 3 is 2.35 bits per heavy atom. The molecule has 0 unspecified atom stereocenters. The molecule has 20 heavy (non-hydrogen) atoms. The van der Waals surface area contributed by atoms with Crippen LogP contribution < -0.4 is 10.9 Å². The van der Waals surface area contributed by atoms with Crippen molar-refractivity contribution in [2.75, 3.05) is 5.32 Å². The molecule has 0 saturated carbocycles. The van der Waals surface area contributed by atoms with Crippen LogP contribution in [0.15, 0.2) is 35.1 Å². The Morgan fingerprint density at radius 2 is 1.80 bits per heavy atom. The molecule has 0 spiro atoms. The number of anilines is 1. The van der Waals surface area contributed by atoms with Crippen molar-refractivity contribution in [3.63, 3.8) is 0 Å². The lowest BCUT2D eigenvalue weighted by Gasteiger charge is -2.12. The van der Waals surface area contributed by atoms with Crippen LogP contribution in [0.25, 0.3) is 5.69 Å². The summed E-state index contributed by atoms with van der Waals surface area (Å²) in [6, 6.07) is 8.18. The van der Waals surface area contributed by atoms with Crippen LogP contribution in [0.3, 0.4) is 0 Å². The molecule has 0 fully saturated rings. The summed E-state index contributed by atoms with van der Waals surface area (Å²) in [6.07, 6.45) is 0. The van der Waals surface area contributed by atoms with Crippen molar-refractivity contribution in [3.8, 4) is 11.6 Å². The van der Waals surface area contributed by atoms with Crippen molar-refractivity contribution in [2.24, 2.45) is 0 Å². The third-order valence-electron chi connectivity index (χ3n) is 3.14. The Hall–Kier alpha value is -2.56. The molecule has 0 atom stereocenters. The van der Waals surface area contributed by atoms with Gasteiger partial charge in [-0.3, -0.25) is 9.59 Å². The summed E-state index contributed by atoms with van der Waals surface area (Å²) in [5, 5.41) is 12.8. The molecule has 0 radical (unpaired) electrons. The van der Waals surface area contributed by atoms with Crippen molar-refractivity contribution in [3.05, 3.63) is 51.8 Å². The lowest BCUT2D eigenvalue weighted by Crippen LogP contribution is -2.18. The second-order valence-corrected chi connectivity index (χ2v) is 4.68. The number of rotatable bonds is 2. The topological polar surface area (TPSA) is 71.3 Å². The van der Waals surface area contributed by atoms with Gasteiger partial charge in [-0.2, -0.15) is 0 Å². The van der Waals surface area contributed by atoms with Crippen LogP contribution in [-0.2, 0) is 4.79 Å². The predicted octanol–water partition coefficient (Wildman–Crippen LogP) is 2.12. The molecule has 0 bridgehead atoms. The minimum absolute atomic E-state index is 0.0673. The largest absolute Gasteiger partial charge is 0.494 e. The zero-order valence-electron chi connectivity index (χ0n) is 11.6. The maximum atomic E-state index is 12.0. The molecule has 0 aliphatic rings. The molecular formula is C15H16N2O3. The molecule has 0 aliphatic heterocycles. The van der Waals surface area contributed by atoms with Crippen LogP contribution in [0.4, 0.5) is 5.69 Å². The second-order valence-electron chi connectivity index (χ2n) is 4.68. The van der Waals surface area contributed by atoms with Gasteiger partial charge in [-0.15, -0.1) is 0 Å². The number of nitrogens with one attached hydrogen (secondary N) is 1. The van der Waals surface area contributed by atoms with Crippen molar-refractivity contribution in [1.82, 2.24) is 4.57 Å². The summed E-state index contributed by atoms with van der Waals surface area (Å²) in [4.78, 5) is 23.0. The van der Waals surface area contributed by atoms with Gasteiger partial charge in [-0.05, 0) is 43.7 Å². The normalized spacial score (nSPS) is 10.3. The zero-order chi connectivity index (χ0) is 14.9. The third-order valence-corrected chi connectivity index (χ3v) is 3.14. The van der Waals surface area contributed by atoms with E-state index >= 15 is 0 Å². The van der Waals surface area contributed by atoms with Crippen molar-refractivity contribution in [2.45, 2.75) is 20.8 Å². The van der Waals surface area contributed by atoms with E-state index in [0.29, 0.717) is 16.9 Å². The Morgan fingerprint density at radius 1 is 1.20 bits per heavy atom. The Balaban J connectivity index is 2.50. The highest BCUT2D eigenvalue weighted by Crippen LogP contribution is 2.22. The van der Waals surface area contributed by atoms with Gasteiger partial charge in [-0.1, -0.05) is 0 Å². The number of nitrogens with zero attached hydrogens (tertiary/aromatic N) is 1. The fraction of sp³-hybridized carbons (Fsp3) is 0.200. The van der Waals surface area contributed by atoms with E-state index in [-0.39, 0.29) is 17.3 Å². The highest BCUT2D eigenvalue weighted by molar-refractivity contribution is 5.88. The first-order chi connectivity index (χ1) is 9.40. The van der Waals surface area contributed by atoms with Gasteiger partial charge >= 0.3 is 0 Å². The predicted molar refractivity (Wildman–Crippen MR) is 77.5 cm³/mol. The van der Waals surface area contributed by atoms with Gasteiger partial charge in [-0.25, -0.2) is 4.57 Å². The highest BCUT2D eigenvalue weighted by Gasteiger charge is 2.10. The summed E-state index contributed by atoms with van der Waals surface area (Å²) >= 11 is 0. The standard InChI is InChI=1S/C15H16N2O3/c1-9-8-14(19)17(15(20)10(9)2)13-6-4-12(5-7-13)16-11(3)18/h4-8,20H,1-3H3,(H,16,18).